The molecule has 2 N–H and O–H groups in total. The zero-order valence-electron chi connectivity index (χ0n) is 12.5. The summed E-state index contributed by atoms with van der Waals surface area (Å²) in [4.78, 5) is 18.7. The molecule has 4 heteroatoms. The van der Waals surface area contributed by atoms with E-state index in [9.17, 15) is 4.79 Å². The van der Waals surface area contributed by atoms with Gasteiger partial charge in [0, 0.05) is 12.2 Å². The van der Waals surface area contributed by atoms with Gasteiger partial charge in [0.05, 0.1) is 12.2 Å². The van der Waals surface area contributed by atoms with Crippen molar-refractivity contribution in [3.05, 3.63) is 65.5 Å². The van der Waals surface area contributed by atoms with Gasteiger partial charge in [-0.3, -0.25) is 9.78 Å². The zero-order chi connectivity index (χ0) is 15.2. The number of likely N-dealkylation sites (N-methyl/N-ethyl adjacent to an activating group) is 1. The number of carbonyl (C=O) groups is 1. The minimum Gasteiger partial charge on any atom is -0.335 e. The number of benzene rings is 1. The molecular formula is C17H21N3O. The Morgan fingerprint density at radius 1 is 1.19 bits per heavy atom. The van der Waals surface area contributed by atoms with Gasteiger partial charge in [-0.15, -0.1) is 0 Å². The maximum Gasteiger partial charge on any atom is 0.244 e. The minimum absolute atomic E-state index is 0.0768. The number of nitrogens with two attached hydrogens (primary N) is 1. The Bertz CT molecular complexity index is 598. The fourth-order valence-corrected chi connectivity index (χ4v) is 2.23. The average Bonchev–Trinajstić information content (AvgIpc) is 2.52. The number of pyridine rings is 1. The Labute approximate surface area is 125 Å². The molecule has 0 radical (unpaired) electrons. The number of aryl methyl sites for hydroxylation is 1. The van der Waals surface area contributed by atoms with Crippen molar-refractivity contribution in [2.24, 2.45) is 5.73 Å². The Kier molecular flexibility index (Phi) is 5.06. The van der Waals surface area contributed by atoms with E-state index in [0.29, 0.717) is 13.1 Å². The van der Waals surface area contributed by atoms with Crippen LogP contribution in [0.25, 0.3) is 0 Å². The molecule has 2 aromatic rings. The Hall–Kier alpha value is -2.20. The van der Waals surface area contributed by atoms with Crippen LogP contribution in [0.4, 0.5) is 0 Å². The van der Waals surface area contributed by atoms with E-state index in [2.05, 4.69) is 4.98 Å². The molecule has 1 aromatic carbocycles. The monoisotopic (exact) mass is 283 g/mol. The third-order valence-corrected chi connectivity index (χ3v) is 3.42. The average molecular weight is 283 g/mol. The van der Waals surface area contributed by atoms with Crippen molar-refractivity contribution in [3.8, 4) is 0 Å². The van der Waals surface area contributed by atoms with E-state index in [0.717, 1.165) is 17.0 Å². The Morgan fingerprint density at radius 2 is 1.90 bits per heavy atom. The summed E-state index contributed by atoms with van der Waals surface area (Å²) < 4.78 is 0. The molecule has 1 heterocycles. The molecule has 0 saturated heterocycles. The minimum atomic E-state index is -0.629. The van der Waals surface area contributed by atoms with E-state index in [4.69, 9.17) is 5.73 Å². The van der Waals surface area contributed by atoms with E-state index in [1.807, 2.05) is 62.4 Å². The van der Waals surface area contributed by atoms with Crippen molar-refractivity contribution < 1.29 is 4.79 Å². The third kappa shape index (κ3) is 3.89. The number of carbonyl (C=O) groups excluding carboxylic acids is 1. The van der Waals surface area contributed by atoms with Crippen molar-refractivity contribution in [2.75, 3.05) is 6.54 Å². The van der Waals surface area contributed by atoms with Crippen molar-refractivity contribution in [1.82, 2.24) is 9.88 Å². The molecule has 1 unspecified atom stereocenters. The summed E-state index contributed by atoms with van der Waals surface area (Å²) in [6.45, 7) is 4.98. The standard InChI is InChI=1S/C17H21N3O/c1-3-20(12-15-11-7-8-13(2)19-15)17(21)16(18)14-9-5-4-6-10-14/h4-11,16H,3,12,18H2,1-2H3. The lowest BCUT2D eigenvalue weighted by molar-refractivity contribution is -0.133. The van der Waals surface area contributed by atoms with Gasteiger partial charge in [0.15, 0.2) is 0 Å². The van der Waals surface area contributed by atoms with E-state index >= 15 is 0 Å². The van der Waals surface area contributed by atoms with Crippen molar-refractivity contribution in [1.29, 1.82) is 0 Å². The van der Waals surface area contributed by atoms with Crippen LogP contribution in [0, 0.1) is 6.92 Å². The molecule has 110 valence electrons. The predicted octanol–water partition coefficient (Wildman–Crippen LogP) is 2.44. The normalized spacial score (nSPS) is 12.0. The topological polar surface area (TPSA) is 59.2 Å². The highest BCUT2D eigenvalue weighted by Crippen LogP contribution is 2.14. The maximum atomic E-state index is 12.5. The van der Waals surface area contributed by atoms with Gasteiger partial charge in [-0.25, -0.2) is 0 Å². The van der Waals surface area contributed by atoms with Crippen LogP contribution in [0.1, 0.15) is 29.9 Å². The lowest BCUT2D eigenvalue weighted by Crippen LogP contribution is -2.38. The summed E-state index contributed by atoms with van der Waals surface area (Å²) in [5.41, 5.74) is 8.75. The zero-order valence-corrected chi connectivity index (χ0v) is 12.5. The van der Waals surface area contributed by atoms with Crippen LogP contribution in [-0.4, -0.2) is 22.3 Å². The predicted molar refractivity (Wildman–Crippen MR) is 83.4 cm³/mol. The number of aromatic nitrogens is 1. The van der Waals surface area contributed by atoms with E-state index in [-0.39, 0.29) is 5.91 Å². The van der Waals surface area contributed by atoms with Crippen LogP contribution >= 0.6 is 0 Å². The van der Waals surface area contributed by atoms with Crippen LogP contribution in [0.2, 0.25) is 0 Å². The lowest BCUT2D eigenvalue weighted by atomic mass is 10.1. The summed E-state index contributed by atoms with van der Waals surface area (Å²) in [6, 6.07) is 14.6. The highest BCUT2D eigenvalue weighted by molar-refractivity contribution is 5.83. The molecule has 1 amide bonds. The number of hydrogen-bond donors (Lipinski definition) is 1. The molecule has 0 spiro atoms. The summed E-state index contributed by atoms with van der Waals surface area (Å²) >= 11 is 0. The molecule has 1 aromatic heterocycles. The summed E-state index contributed by atoms with van der Waals surface area (Å²) in [5.74, 6) is -0.0768. The van der Waals surface area contributed by atoms with Crippen molar-refractivity contribution in [2.45, 2.75) is 26.4 Å². The van der Waals surface area contributed by atoms with Crippen molar-refractivity contribution >= 4 is 5.91 Å². The van der Waals surface area contributed by atoms with Crippen LogP contribution in [-0.2, 0) is 11.3 Å². The number of amides is 1. The van der Waals surface area contributed by atoms with Gasteiger partial charge in [0.25, 0.3) is 0 Å². The molecule has 0 aliphatic heterocycles. The van der Waals surface area contributed by atoms with Gasteiger partial charge in [-0.05, 0) is 31.5 Å². The van der Waals surface area contributed by atoms with Crippen LogP contribution in [0.5, 0.6) is 0 Å². The van der Waals surface area contributed by atoms with Crippen LogP contribution < -0.4 is 5.73 Å². The van der Waals surface area contributed by atoms with E-state index < -0.39 is 6.04 Å². The molecule has 0 bridgehead atoms. The first kappa shape index (κ1) is 15.2. The summed E-state index contributed by atoms with van der Waals surface area (Å²) in [6.07, 6.45) is 0. The molecule has 0 fully saturated rings. The van der Waals surface area contributed by atoms with Crippen LogP contribution in [0.3, 0.4) is 0 Å². The van der Waals surface area contributed by atoms with Gasteiger partial charge in [0.1, 0.15) is 6.04 Å². The molecule has 0 aliphatic carbocycles. The first-order chi connectivity index (χ1) is 10.1. The molecule has 21 heavy (non-hydrogen) atoms. The van der Waals surface area contributed by atoms with Gasteiger partial charge in [0.2, 0.25) is 5.91 Å². The lowest BCUT2D eigenvalue weighted by Gasteiger charge is -2.24. The van der Waals surface area contributed by atoms with E-state index in [1.165, 1.54) is 0 Å². The molecular weight excluding hydrogens is 262 g/mol. The molecule has 1 atom stereocenters. The number of rotatable bonds is 5. The SMILES string of the molecule is CCN(Cc1cccc(C)n1)C(=O)C(N)c1ccccc1. The van der Waals surface area contributed by atoms with Gasteiger partial charge in [-0.2, -0.15) is 0 Å². The Balaban J connectivity index is 2.12. The highest BCUT2D eigenvalue weighted by Gasteiger charge is 2.21. The number of nitrogens with zero attached hydrogens (tertiary/aromatic N) is 2. The fraction of sp³-hybridized carbons (Fsp3) is 0.294. The smallest absolute Gasteiger partial charge is 0.244 e. The van der Waals surface area contributed by atoms with Crippen molar-refractivity contribution in [3.63, 3.8) is 0 Å². The largest absolute Gasteiger partial charge is 0.335 e. The molecule has 4 nitrogen and oxygen atoms in total. The Morgan fingerprint density at radius 3 is 2.52 bits per heavy atom. The fourth-order valence-electron chi connectivity index (χ4n) is 2.23. The summed E-state index contributed by atoms with van der Waals surface area (Å²) in [7, 11) is 0. The molecule has 2 rings (SSSR count). The van der Waals surface area contributed by atoms with E-state index in [1.54, 1.807) is 4.90 Å². The maximum absolute atomic E-state index is 12.5. The third-order valence-electron chi connectivity index (χ3n) is 3.42. The quantitative estimate of drug-likeness (QED) is 0.917. The molecule has 0 saturated carbocycles. The van der Waals surface area contributed by atoms with Gasteiger partial charge >= 0.3 is 0 Å². The molecule has 0 aliphatic rings. The second-order valence-electron chi connectivity index (χ2n) is 5.01. The second kappa shape index (κ2) is 6.99. The van der Waals surface area contributed by atoms with Crippen LogP contribution in [0.15, 0.2) is 48.5 Å². The van der Waals surface area contributed by atoms with Gasteiger partial charge < -0.3 is 10.6 Å². The van der Waals surface area contributed by atoms with Gasteiger partial charge in [-0.1, -0.05) is 36.4 Å². The first-order valence-corrected chi connectivity index (χ1v) is 7.13. The highest BCUT2D eigenvalue weighted by atomic mass is 16.2. The summed E-state index contributed by atoms with van der Waals surface area (Å²) in [5, 5.41) is 0. The first-order valence-electron chi connectivity index (χ1n) is 7.13. The second-order valence-corrected chi connectivity index (χ2v) is 5.01. The number of hydrogen-bond acceptors (Lipinski definition) is 3.